The van der Waals surface area contributed by atoms with Gasteiger partial charge in [0.15, 0.2) is 17.5 Å². The van der Waals surface area contributed by atoms with Crippen LogP contribution in [0.2, 0.25) is 0 Å². The molecule has 1 aliphatic rings. The smallest absolute Gasteiger partial charge is 0.346 e. The van der Waals surface area contributed by atoms with E-state index in [9.17, 15) is 22.4 Å². The zero-order valence-corrected chi connectivity index (χ0v) is 18.9. The number of carbonyl (C=O) groups is 1. The Morgan fingerprint density at radius 1 is 0.882 bits per heavy atom. The predicted molar refractivity (Wildman–Crippen MR) is 122 cm³/mol. The molecule has 0 radical (unpaired) electrons. The average molecular weight is 471 g/mol. The van der Waals surface area contributed by atoms with E-state index in [0.717, 1.165) is 37.7 Å². The lowest BCUT2D eigenvalue weighted by molar-refractivity contribution is 0.0728. The first-order valence-electron chi connectivity index (χ1n) is 11.5. The third kappa shape index (κ3) is 5.49. The first-order chi connectivity index (χ1) is 16.3. The Morgan fingerprint density at radius 2 is 1.53 bits per heavy atom. The number of rotatable bonds is 6. The quantitative estimate of drug-likeness (QED) is 0.158. The lowest BCUT2D eigenvalue weighted by Crippen LogP contribution is -2.16. The molecule has 0 heterocycles. The van der Waals surface area contributed by atoms with Crippen LogP contribution in [0, 0.1) is 29.2 Å². The van der Waals surface area contributed by atoms with E-state index < -0.39 is 35.0 Å². The van der Waals surface area contributed by atoms with Crippen LogP contribution < -0.4 is 4.74 Å². The van der Waals surface area contributed by atoms with Gasteiger partial charge in [0.05, 0.1) is 5.56 Å². The highest BCUT2D eigenvalue weighted by molar-refractivity contribution is 5.91. The zero-order chi connectivity index (χ0) is 24.2. The van der Waals surface area contributed by atoms with Gasteiger partial charge in [-0.2, -0.15) is 0 Å². The van der Waals surface area contributed by atoms with E-state index in [4.69, 9.17) is 4.74 Å². The van der Waals surface area contributed by atoms with Crippen molar-refractivity contribution in [3.05, 3.63) is 101 Å². The molecule has 4 rings (SSSR count). The Balaban J connectivity index is 1.35. The largest absolute Gasteiger partial charge is 0.423 e. The van der Waals surface area contributed by atoms with Crippen LogP contribution in [-0.4, -0.2) is 5.97 Å². The first-order valence-corrected chi connectivity index (χ1v) is 11.5. The molecule has 6 heteroatoms. The molecule has 3 aromatic carbocycles. The van der Waals surface area contributed by atoms with Gasteiger partial charge >= 0.3 is 5.97 Å². The molecular weight excluding hydrogens is 444 g/mol. The van der Waals surface area contributed by atoms with E-state index in [1.54, 1.807) is 6.07 Å². The highest BCUT2D eigenvalue weighted by atomic mass is 19.2. The molecule has 2 nitrogen and oxygen atoms in total. The minimum absolute atomic E-state index is 0.211. The third-order valence-electron chi connectivity index (χ3n) is 6.75. The fourth-order valence-corrected chi connectivity index (χ4v) is 4.85. The van der Waals surface area contributed by atoms with Crippen molar-refractivity contribution in [2.75, 3.05) is 0 Å². The summed E-state index contributed by atoms with van der Waals surface area (Å²) in [5, 5.41) is 0. The van der Waals surface area contributed by atoms with Gasteiger partial charge in [0, 0.05) is 12.1 Å². The number of halogens is 4. The number of hydrogen-bond donors (Lipinski definition) is 0. The number of esters is 1. The van der Waals surface area contributed by atoms with Gasteiger partial charge in [-0.1, -0.05) is 43.3 Å². The maximum absolute atomic E-state index is 14.7. The van der Waals surface area contributed by atoms with Gasteiger partial charge in [-0.3, -0.25) is 0 Å². The second-order valence-corrected chi connectivity index (χ2v) is 9.09. The number of carbonyl (C=O) groups excluding carboxylic acids is 1. The van der Waals surface area contributed by atoms with Crippen LogP contribution in [0.5, 0.6) is 5.75 Å². The lowest BCUT2D eigenvalue weighted by Gasteiger charge is -2.30. The average Bonchev–Trinajstić information content (AvgIpc) is 2.83. The zero-order valence-electron chi connectivity index (χ0n) is 18.9. The molecule has 1 unspecified atom stereocenters. The lowest BCUT2D eigenvalue weighted by atomic mass is 9.75. The van der Waals surface area contributed by atoms with E-state index in [-0.39, 0.29) is 11.5 Å². The van der Waals surface area contributed by atoms with Crippen molar-refractivity contribution in [2.24, 2.45) is 5.92 Å². The summed E-state index contributed by atoms with van der Waals surface area (Å²) in [6, 6.07) is 15.9. The van der Waals surface area contributed by atoms with Crippen LogP contribution in [0.25, 0.3) is 0 Å². The monoisotopic (exact) mass is 470 g/mol. The summed E-state index contributed by atoms with van der Waals surface area (Å²) in [4.78, 5) is 12.3. The summed E-state index contributed by atoms with van der Waals surface area (Å²) in [6.07, 6.45) is 5.15. The number of ether oxygens (including phenoxy) is 1. The van der Waals surface area contributed by atoms with E-state index in [2.05, 4.69) is 31.2 Å². The first kappa shape index (κ1) is 24.0. The van der Waals surface area contributed by atoms with Crippen molar-refractivity contribution in [3.63, 3.8) is 0 Å². The third-order valence-corrected chi connectivity index (χ3v) is 6.75. The Labute approximate surface area is 196 Å². The van der Waals surface area contributed by atoms with Gasteiger partial charge < -0.3 is 4.74 Å². The molecule has 0 saturated heterocycles. The van der Waals surface area contributed by atoms with Crippen LogP contribution in [0.3, 0.4) is 0 Å². The van der Waals surface area contributed by atoms with Crippen LogP contribution in [0.4, 0.5) is 17.6 Å². The topological polar surface area (TPSA) is 26.3 Å². The second kappa shape index (κ2) is 10.4. The molecule has 34 heavy (non-hydrogen) atoms. The Bertz CT molecular complexity index is 1130. The predicted octanol–water partition coefficient (Wildman–Crippen LogP) is 7.93. The van der Waals surface area contributed by atoms with Crippen LogP contribution in [0.15, 0.2) is 60.7 Å². The van der Waals surface area contributed by atoms with Crippen LogP contribution >= 0.6 is 0 Å². The maximum Gasteiger partial charge on any atom is 0.346 e. The Morgan fingerprint density at radius 3 is 2.15 bits per heavy atom. The molecule has 0 amide bonds. The van der Waals surface area contributed by atoms with Crippen molar-refractivity contribution in [1.29, 1.82) is 0 Å². The van der Waals surface area contributed by atoms with Crippen molar-refractivity contribution in [2.45, 2.75) is 50.9 Å². The fraction of sp³-hybridized carbons (Fsp3) is 0.321. The van der Waals surface area contributed by atoms with Crippen molar-refractivity contribution < 1.29 is 27.1 Å². The van der Waals surface area contributed by atoms with E-state index in [0.29, 0.717) is 24.0 Å². The SMILES string of the molecule is CC(CC1CCC(c2ccc(C(=O)Oc3cc(F)c(F)c(F)c3)c(F)c2)CC1)c1ccccc1. The number of hydrogen-bond acceptors (Lipinski definition) is 2. The number of benzene rings is 3. The summed E-state index contributed by atoms with van der Waals surface area (Å²) in [6.45, 7) is 2.25. The van der Waals surface area contributed by atoms with Gasteiger partial charge in [-0.15, -0.1) is 0 Å². The molecule has 178 valence electrons. The standard InChI is InChI=1S/C28H26F4O2/c1-17(19-5-3-2-4-6-19)13-18-7-9-20(10-8-18)21-11-12-23(24(29)14-21)28(33)34-22-15-25(30)27(32)26(31)16-22/h2-6,11-12,14-18,20H,7-10,13H2,1H3. The van der Waals surface area contributed by atoms with Gasteiger partial charge in [0.25, 0.3) is 0 Å². The Kier molecular flexibility index (Phi) is 7.35. The summed E-state index contributed by atoms with van der Waals surface area (Å²) < 4.78 is 59.3. The normalized spacial score (nSPS) is 19.0. The summed E-state index contributed by atoms with van der Waals surface area (Å²) in [7, 11) is 0. The molecule has 1 atom stereocenters. The van der Waals surface area contributed by atoms with E-state index in [1.165, 1.54) is 17.7 Å². The molecule has 3 aromatic rings. The highest BCUT2D eigenvalue weighted by Gasteiger charge is 2.25. The summed E-state index contributed by atoms with van der Waals surface area (Å²) >= 11 is 0. The molecule has 0 aromatic heterocycles. The van der Waals surface area contributed by atoms with Gasteiger partial charge in [0.1, 0.15) is 11.6 Å². The molecule has 1 fully saturated rings. The van der Waals surface area contributed by atoms with Gasteiger partial charge in [0.2, 0.25) is 0 Å². The summed E-state index contributed by atoms with van der Waals surface area (Å²) in [5.41, 5.74) is 1.82. The molecule has 0 aliphatic heterocycles. The molecule has 0 spiro atoms. The molecule has 0 bridgehead atoms. The summed E-state index contributed by atoms with van der Waals surface area (Å²) in [5.74, 6) is -5.72. The minimum Gasteiger partial charge on any atom is -0.423 e. The van der Waals surface area contributed by atoms with Crippen molar-refractivity contribution in [3.8, 4) is 5.75 Å². The fourth-order valence-electron chi connectivity index (χ4n) is 4.85. The Hall–Kier alpha value is -3.15. The maximum atomic E-state index is 14.7. The van der Waals surface area contributed by atoms with Crippen LogP contribution in [0.1, 0.15) is 72.3 Å². The highest BCUT2D eigenvalue weighted by Crippen LogP contribution is 2.40. The molecule has 1 aliphatic carbocycles. The van der Waals surface area contributed by atoms with Crippen molar-refractivity contribution >= 4 is 5.97 Å². The second-order valence-electron chi connectivity index (χ2n) is 9.09. The molecule has 1 saturated carbocycles. The van der Waals surface area contributed by atoms with Crippen molar-refractivity contribution in [1.82, 2.24) is 0 Å². The molecule has 0 N–H and O–H groups in total. The van der Waals surface area contributed by atoms with E-state index >= 15 is 0 Å². The van der Waals surface area contributed by atoms with Gasteiger partial charge in [-0.05, 0) is 73.1 Å². The van der Waals surface area contributed by atoms with Crippen LogP contribution in [-0.2, 0) is 0 Å². The van der Waals surface area contributed by atoms with E-state index in [1.807, 2.05) is 6.07 Å². The molecular formula is C28H26F4O2. The van der Waals surface area contributed by atoms with Gasteiger partial charge in [-0.25, -0.2) is 22.4 Å². The minimum atomic E-state index is -1.67.